The number of hydrogen-bond acceptors (Lipinski definition) is 7. The number of likely N-dealkylation sites (N-methyl/N-ethyl adjacent to an activating group) is 1. The molecule has 5 rings (SSSR count). The lowest BCUT2D eigenvalue weighted by atomic mass is 10.1. The van der Waals surface area contributed by atoms with E-state index in [2.05, 4.69) is 25.5 Å². The van der Waals surface area contributed by atoms with Crippen LogP contribution in [0.2, 0.25) is 0 Å². The standard InChI is InChI=1S/C21H23N7O2/c1-2-27-17(29)12-22-19-21(27)23-11-16(25-19)14-6-8-15(9-7-14)20-26-24-13-28(20)18-5-3-4-10-30-18/h6-9,11,13,18H,2-5,10,12H2,1H3,(H,22,25). The lowest BCUT2D eigenvalue weighted by Gasteiger charge is -2.27. The number of nitrogens with one attached hydrogen (secondary N) is 1. The maximum Gasteiger partial charge on any atom is 0.247 e. The van der Waals surface area contributed by atoms with Gasteiger partial charge in [0.15, 0.2) is 17.5 Å². The second-order valence-electron chi connectivity index (χ2n) is 7.38. The van der Waals surface area contributed by atoms with Gasteiger partial charge in [0.2, 0.25) is 5.91 Å². The molecule has 30 heavy (non-hydrogen) atoms. The van der Waals surface area contributed by atoms with Gasteiger partial charge in [-0.3, -0.25) is 14.3 Å². The first kappa shape index (κ1) is 18.7. The first-order valence-corrected chi connectivity index (χ1v) is 10.3. The van der Waals surface area contributed by atoms with Crippen molar-refractivity contribution in [3.63, 3.8) is 0 Å². The third-order valence-electron chi connectivity index (χ3n) is 5.51. The summed E-state index contributed by atoms with van der Waals surface area (Å²) >= 11 is 0. The highest BCUT2D eigenvalue weighted by molar-refractivity contribution is 6.00. The summed E-state index contributed by atoms with van der Waals surface area (Å²) in [4.78, 5) is 22.8. The Labute approximate surface area is 174 Å². The quantitative estimate of drug-likeness (QED) is 0.713. The smallest absolute Gasteiger partial charge is 0.247 e. The number of nitrogens with zero attached hydrogens (tertiary/aromatic N) is 6. The molecule has 4 heterocycles. The van der Waals surface area contributed by atoms with Crippen LogP contribution in [0.3, 0.4) is 0 Å². The first-order chi connectivity index (χ1) is 14.7. The third-order valence-corrected chi connectivity index (χ3v) is 5.51. The number of carbonyl (C=O) groups is 1. The van der Waals surface area contributed by atoms with E-state index in [4.69, 9.17) is 4.74 Å². The molecule has 2 aliphatic heterocycles. The molecule has 2 aliphatic rings. The van der Waals surface area contributed by atoms with Crippen LogP contribution in [0.5, 0.6) is 0 Å². The van der Waals surface area contributed by atoms with Crippen LogP contribution < -0.4 is 10.2 Å². The molecule has 1 fully saturated rings. The Balaban J connectivity index is 1.41. The zero-order valence-electron chi connectivity index (χ0n) is 16.8. The van der Waals surface area contributed by atoms with Crippen molar-refractivity contribution in [3.05, 3.63) is 36.8 Å². The fourth-order valence-corrected chi connectivity index (χ4v) is 3.93. The number of carbonyl (C=O) groups excluding carboxylic acids is 1. The van der Waals surface area contributed by atoms with E-state index >= 15 is 0 Å². The molecule has 0 aliphatic carbocycles. The monoisotopic (exact) mass is 405 g/mol. The molecule has 1 N–H and O–H groups in total. The summed E-state index contributed by atoms with van der Waals surface area (Å²) in [6.07, 6.45) is 6.65. The van der Waals surface area contributed by atoms with E-state index in [1.165, 1.54) is 0 Å². The molecule has 1 unspecified atom stereocenters. The van der Waals surface area contributed by atoms with Gasteiger partial charge in [-0.1, -0.05) is 24.3 Å². The van der Waals surface area contributed by atoms with Crippen LogP contribution in [0, 0.1) is 0 Å². The van der Waals surface area contributed by atoms with Gasteiger partial charge in [0.25, 0.3) is 0 Å². The van der Waals surface area contributed by atoms with Gasteiger partial charge in [0.1, 0.15) is 12.6 Å². The summed E-state index contributed by atoms with van der Waals surface area (Å²) < 4.78 is 7.89. The topological polar surface area (TPSA) is 98.1 Å². The molecule has 0 saturated carbocycles. The zero-order chi connectivity index (χ0) is 20.5. The van der Waals surface area contributed by atoms with Gasteiger partial charge >= 0.3 is 0 Å². The highest BCUT2D eigenvalue weighted by Gasteiger charge is 2.25. The van der Waals surface area contributed by atoms with Gasteiger partial charge in [-0.25, -0.2) is 9.97 Å². The normalized spacial score (nSPS) is 18.8. The van der Waals surface area contributed by atoms with Crippen LogP contribution in [-0.2, 0) is 9.53 Å². The van der Waals surface area contributed by atoms with E-state index in [1.54, 1.807) is 17.4 Å². The van der Waals surface area contributed by atoms with Gasteiger partial charge in [0, 0.05) is 24.3 Å². The van der Waals surface area contributed by atoms with Gasteiger partial charge in [0.05, 0.1) is 18.4 Å². The highest BCUT2D eigenvalue weighted by Crippen LogP contribution is 2.31. The van der Waals surface area contributed by atoms with Crippen molar-refractivity contribution in [1.82, 2.24) is 24.7 Å². The summed E-state index contributed by atoms with van der Waals surface area (Å²) in [6, 6.07) is 8.01. The molecule has 0 bridgehead atoms. The number of anilines is 2. The molecule has 2 aromatic heterocycles. The molecule has 9 heteroatoms. The van der Waals surface area contributed by atoms with Crippen molar-refractivity contribution in [1.29, 1.82) is 0 Å². The second-order valence-corrected chi connectivity index (χ2v) is 7.38. The van der Waals surface area contributed by atoms with Crippen LogP contribution in [-0.4, -0.2) is 50.3 Å². The number of amides is 1. The molecule has 9 nitrogen and oxygen atoms in total. The number of hydrogen-bond donors (Lipinski definition) is 1. The zero-order valence-corrected chi connectivity index (χ0v) is 16.8. The fraction of sp³-hybridized carbons (Fsp3) is 0.381. The summed E-state index contributed by atoms with van der Waals surface area (Å²) in [5.41, 5.74) is 2.66. The Kier molecular flexibility index (Phi) is 4.88. The van der Waals surface area contributed by atoms with E-state index in [0.717, 1.165) is 48.5 Å². The Morgan fingerprint density at radius 1 is 1.20 bits per heavy atom. The maximum atomic E-state index is 12.0. The van der Waals surface area contributed by atoms with Crippen molar-refractivity contribution in [2.75, 3.05) is 29.9 Å². The molecule has 1 atom stereocenters. The SMILES string of the molecule is CCN1C(=O)CNc2nc(-c3ccc(-c4nncn4C4CCCCO4)cc3)cnc21. The first-order valence-electron chi connectivity index (χ1n) is 10.3. The van der Waals surface area contributed by atoms with Gasteiger partial charge in [-0.05, 0) is 26.2 Å². The molecule has 0 spiro atoms. The minimum absolute atomic E-state index is 0.00228. The molecule has 3 aromatic rings. The Morgan fingerprint density at radius 3 is 2.80 bits per heavy atom. The molecule has 154 valence electrons. The Morgan fingerprint density at radius 2 is 2.03 bits per heavy atom. The van der Waals surface area contributed by atoms with Crippen LogP contribution in [0.15, 0.2) is 36.8 Å². The van der Waals surface area contributed by atoms with Gasteiger partial charge < -0.3 is 10.1 Å². The van der Waals surface area contributed by atoms with E-state index < -0.39 is 0 Å². The van der Waals surface area contributed by atoms with E-state index in [-0.39, 0.29) is 18.7 Å². The van der Waals surface area contributed by atoms with Crippen molar-refractivity contribution in [2.24, 2.45) is 0 Å². The third kappa shape index (κ3) is 3.30. The second kappa shape index (κ2) is 7.83. The van der Waals surface area contributed by atoms with Crippen molar-refractivity contribution >= 4 is 17.5 Å². The Bertz CT molecular complexity index is 1060. The number of fused-ring (bicyclic) bond motifs is 1. The summed E-state index contributed by atoms with van der Waals surface area (Å²) in [5, 5.41) is 11.5. The predicted octanol–water partition coefficient (Wildman–Crippen LogP) is 2.88. The van der Waals surface area contributed by atoms with Crippen LogP contribution >= 0.6 is 0 Å². The lowest BCUT2D eigenvalue weighted by Crippen LogP contribution is -2.40. The molecular weight excluding hydrogens is 382 g/mol. The van der Waals surface area contributed by atoms with E-state index in [0.29, 0.717) is 18.2 Å². The molecule has 0 radical (unpaired) electrons. The van der Waals surface area contributed by atoms with E-state index in [9.17, 15) is 4.79 Å². The average molecular weight is 405 g/mol. The number of rotatable bonds is 4. The molecule has 1 saturated heterocycles. The summed E-state index contributed by atoms with van der Waals surface area (Å²) in [5.74, 6) is 2.01. The number of benzene rings is 1. The Hall–Kier alpha value is -3.33. The average Bonchev–Trinajstić information content (AvgIpc) is 3.29. The highest BCUT2D eigenvalue weighted by atomic mass is 16.5. The largest absolute Gasteiger partial charge is 0.358 e. The maximum absolute atomic E-state index is 12.0. The number of aromatic nitrogens is 5. The van der Waals surface area contributed by atoms with Gasteiger partial charge in [-0.2, -0.15) is 0 Å². The van der Waals surface area contributed by atoms with Crippen LogP contribution in [0.25, 0.3) is 22.6 Å². The van der Waals surface area contributed by atoms with Crippen LogP contribution in [0.4, 0.5) is 11.6 Å². The summed E-state index contributed by atoms with van der Waals surface area (Å²) in [7, 11) is 0. The van der Waals surface area contributed by atoms with Crippen LogP contribution in [0.1, 0.15) is 32.4 Å². The minimum atomic E-state index is -0.00904. The number of ether oxygens (including phenoxy) is 1. The minimum Gasteiger partial charge on any atom is -0.358 e. The lowest BCUT2D eigenvalue weighted by molar-refractivity contribution is -0.117. The molecule has 1 amide bonds. The predicted molar refractivity (Wildman–Crippen MR) is 112 cm³/mol. The van der Waals surface area contributed by atoms with Crippen molar-refractivity contribution < 1.29 is 9.53 Å². The fourth-order valence-electron chi connectivity index (χ4n) is 3.93. The van der Waals surface area contributed by atoms with Crippen molar-refractivity contribution in [3.8, 4) is 22.6 Å². The molecular formula is C21H23N7O2. The summed E-state index contributed by atoms with van der Waals surface area (Å²) in [6.45, 7) is 3.50. The van der Waals surface area contributed by atoms with E-state index in [1.807, 2.05) is 35.8 Å². The van der Waals surface area contributed by atoms with Crippen molar-refractivity contribution in [2.45, 2.75) is 32.4 Å². The van der Waals surface area contributed by atoms with Gasteiger partial charge in [-0.15, -0.1) is 10.2 Å². The molecule has 1 aromatic carbocycles.